The van der Waals surface area contributed by atoms with Crippen LogP contribution in [-0.4, -0.2) is 9.38 Å². The van der Waals surface area contributed by atoms with Gasteiger partial charge in [-0.1, -0.05) is 11.6 Å². The van der Waals surface area contributed by atoms with E-state index in [0.717, 1.165) is 5.56 Å². The molecule has 18 heavy (non-hydrogen) atoms. The number of imidazole rings is 1. The molecule has 0 amide bonds. The Morgan fingerprint density at radius 1 is 1.17 bits per heavy atom. The molecule has 2 N–H and O–H groups in total. The number of anilines is 1. The van der Waals surface area contributed by atoms with Crippen LogP contribution >= 0.6 is 11.6 Å². The minimum absolute atomic E-state index is 0.287. The third-order valence-corrected chi connectivity index (χ3v) is 3.02. The lowest BCUT2D eigenvalue weighted by Gasteiger charge is -2.02. The zero-order valence-corrected chi connectivity index (χ0v) is 10.0. The topological polar surface area (TPSA) is 43.3 Å². The van der Waals surface area contributed by atoms with E-state index in [9.17, 15) is 4.39 Å². The van der Waals surface area contributed by atoms with Crippen LogP contribution in [0.1, 0.15) is 0 Å². The number of benzene rings is 1. The summed E-state index contributed by atoms with van der Waals surface area (Å²) < 4.78 is 14.7. The predicted octanol–water partition coefficient (Wildman–Crippen LogP) is 3.38. The van der Waals surface area contributed by atoms with Crippen LogP contribution in [0, 0.1) is 5.82 Å². The quantitative estimate of drug-likeness (QED) is 0.730. The largest absolute Gasteiger partial charge is 0.397 e. The van der Waals surface area contributed by atoms with Crippen LogP contribution in [0.25, 0.3) is 16.9 Å². The van der Waals surface area contributed by atoms with Gasteiger partial charge in [0.15, 0.2) is 5.15 Å². The molecule has 2 aromatic heterocycles. The van der Waals surface area contributed by atoms with Crippen LogP contribution < -0.4 is 5.73 Å². The van der Waals surface area contributed by atoms with E-state index < -0.39 is 0 Å². The number of nitrogens with two attached hydrogens (primary N) is 1. The molecule has 3 nitrogen and oxygen atoms in total. The Morgan fingerprint density at radius 3 is 2.61 bits per heavy atom. The lowest BCUT2D eigenvalue weighted by molar-refractivity contribution is 0.628. The van der Waals surface area contributed by atoms with Crippen molar-refractivity contribution in [1.82, 2.24) is 9.38 Å². The first kappa shape index (κ1) is 11.0. The Kier molecular flexibility index (Phi) is 2.45. The van der Waals surface area contributed by atoms with Crippen molar-refractivity contribution >= 4 is 22.8 Å². The second kappa shape index (κ2) is 3.99. The summed E-state index contributed by atoms with van der Waals surface area (Å²) in [7, 11) is 0. The minimum Gasteiger partial charge on any atom is -0.397 e. The molecule has 0 aliphatic heterocycles. The number of hydrogen-bond donors (Lipinski definition) is 1. The first-order chi connectivity index (χ1) is 8.66. The van der Waals surface area contributed by atoms with Gasteiger partial charge in [0, 0.05) is 11.8 Å². The highest BCUT2D eigenvalue weighted by Gasteiger charge is 2.12. The number of nitrogens with zero attached hydrogens (tertiary/aromatic N) is 2. The van der Waals surface area contributed by atoms with Crippen molar-refractivity contribution in [3.8, 4) is 11.4 Å². The molecule has 0 radical (unpaired) electrons. The molecule has 3 rings (SSSR count). The monoisotopic (exact) mass is 261 g/mol. The number of hydrogen-bond acceptors (Lipinski definition) is 2. The Morgan fingerprint density at radius 2 is 1.89 bits per heavy atom. The molecule has 0 fully saturated rings. The highest BCUT2D eigenvalue weighted by molar-refractivity contribution is 6.33. The molecule has 5 heteroatoms. The zero-order valence-electron chi connectivity index (χ0n) is 9.27. The van der Waals surface area contributed by atoms with E-state index in [-0.39, 0.29) is 5.82 Å². The van der Waals surface area contributed by atoms with Crippen LogP contribution in [0.2, 0.25) is 5.15 Å². The fourth-order valence-electron chi connectivity index (χ4n) is 1.92. The standard InChI is InChI=1S/C13H9ClFN3/c14-12-11-10(16)2-1-7-18(11)13(17-12)8-3-5-9(15)6-4-8/h1-7H,16H2. The third-order valence-electron chi connectivity index (χ3n) is 2.76. The number of fused-ring (bicyclic) bond motifs is 1. The molecule has 0 aliphatic rings. The second-order valence-corrected chi connectivity index (χ2v) is 4.27. The molecule has 90 valence electrons. The normalized spacial score (nSPS) is 11.0. The third kappa shape index (κ3) is 1.62. The number of aromatic nitrogens is 2. The highest BCUT2D eigenvalue weighted by atomic mass is 35.5. The van der Waals surface area contributed by atoms with Crippen molar-refractivity contribution in [2.24, 2.45) is 0 Å². The number of nitrogen functional groups attached to an aromatic ring is 1. The number of pyridine rings is 1. The minimum atomic E-state index is -0.287. The van der Waals surface area contributed by atoms with E-state index in [4.69, 9.17) is 17.3 Å². The summed E-state index contributed by atoms with van der Waals surface area (Å²) in [6.45, 7) is 0. The van der Waals surface area contributed by atoms with Crippen LogP contribution in [0.5, 0.6) is 0 Å². The molecule has 0 spiro atoms. The molecule has 0 aliphatic carbocycles. The van der Waals surface area contributed by atoms with E-state index in [2.05, 4.69) is 4.98 Å². The first-order valence-corrected chi connectivity index (χ1v) is 5.72. The SMILES string of the molecule is Nc1cccn2c(-c3ccc(F)cc3)nc(Cl)c12. The van der Waals surface area contributed by atoms with E-state index in [1.807, 2.05) is 12.3 Å². The van der Waals surface area contributed by atoms with Crippen molar-refractivity contribution in [3.63, 3.8) is 0 Å². The van der Waals surface area contributed by atoms with Crippen molar-refractivity contribution in [2.45, 2.75) is 0 Å². The molecule has 0 unspecified atom stereocenters. The highest BCUT2D eigenvalue weighted by Crippen LogP contribution is 2.29. The average molecular weight is 262 g/mol. The predicted molar refractivity (Wildman–Crippen MR) is 70.0 cm³/mol. The molecule has 0 atom stereocenters. The van der Waals surface area contributed by atoms with Gasteiger partial charge in [-0.15, -0.1) is 0 Å². The summed E-state index contributed by atoms with van der Waals surface area (Å²) in [5.41, 5.74) is 7.87. The molecule has 0 bridgehead atoms. The number of rotatable bonds is 1. The smallest absolute Gasteiger partial charge is 0.157 e. The van der Waals surface area contributed by atoms with E-state index in [1.54, 1.807) is 22.6 Å². The van der Waals surface area contributed by atoms with Gasteiger partial charge in [0.05, 0.1) is 5.69 Å². The van der Waals surface area contributed by atoms with Crippen molar-refractivity contribution in [1.29, 1.82) is 0 Å². The molecule has 0 saturated carbocycles. The molecular formula is C13H9ClFN3. The van der Waals surface area contributed by atoms with Gasteiger partial charge >= 0.3 is 0 Å². The van der Waals surface area contributed by atoms with E-state index in [0.29, 0.717) is 22.2 Å². The molecule has 3 aromatic rings. The zero-order chi connectivity index (χ0) is 12.7. The lowest BCUT2D eigenvalue weighted by atomic mass is 10.2. The molecule has 1 aromatic carbocycles. The summed E-state index contributed by atoms with van der Waals surface area (Å²) >= 11 is 6.08. The molecule has 0 saturated heterocycles. The summed E-state index contributed by atoms with van der Waals surface area (Å²) in [6.07, 6.45) is 1.82. The lowest BCUT2D eigenvalue weighted by Crippen LogP contribution is -1.93. The van der Waals surface area contributed by atoms with Crippen molar-refractivity contribution in [2.75, 3.05) is 5.73 Å². The van der Waals surface area contributed by atoms with E-state index >= 15 is 0 Å². The van der Waals surface area contributed by atoms with Crippen molar-refractivity contribution in [3.05, 3.63) is 53.6 Å². The maximum atomic E-state index is 12.9. The van der Waals surface area contributed by atoms with Crippen LogP contribution in [0.3, 0.4) is 0 Å². The van der Waals surface area contributed by atoms with Crippen LogP contribution in [0.4, 0.5) is 10.1 Å². The maximum Gasteiger partial charge on any atom is 0.157 e. The van der Waals surface area contributed by atoms with Gasteiger partial charge in [0.1, 0.15) is 17.2 Å². The van der Waals surface area contributed by atoms with Gasteiger partial charge in [-0.3, -0.25) is 4.40 Å². The Balaban J connectivity index is 2.30. The number of halogens is 2. The molecule has 2 heterocycles. The second-order valence-electron chi connectivity index (χ2n) is 3.92. The van der Waals surface area contributed by atoms with Gasteiger partial charge in [0.2, 0.25) is 0 Å². The Bertz CT molecular complexity index is 719. The Hall–Kier alpha value is -2.07. The first-order valence-electron chi connectivity index (χ1n) is 5.35. The van der Waals surface area contributed by atoms with Gasteiger partial charge in [0.25, 0.3) is 0 Å². The fraction of sp³-hybridized carbons (Fsp3) is 0. The molecular weight excluding hydrogens is 253 g/mol. The van der Waals surface area contributed by atoms with Gasteiger partial charge in [-0.05, 0) is 36.4 Å². The Labute approximate surface area is 108 Å². The van der Waals surface area contributed by atoms with Crippen LogP contribution in [0.15, 0.2) is 42.6 Å². The van der Waals surface area contributed by atoms with Gasteiger partial charge in [-0.2, -0.15) is 0 Å². The fourth-order valence-corrected chi connectivity index (χ4v) is 2.20. The summed E-state index contributed by atoms with van der Waals surface area (Å²) in [5, 5.41) is 0.340. The average Bonchev–Trinajstić information content (AvgIpc) is 2.69. The summed E-state index contributed by atoms with van der Waals surface area (Å²) in [5.74, 6) is 0.354. The summed E-state index contributed by atoms with van der Waals surface area (Å²) in [6, 6.07) is 9.66. The summed E-state index contributed by atoms with van der Waals surface area (Å²) in [4.78, 5) is 4.28. The van der Waals surface area contributed by atoms with Crippen LogP contribution in [-0.2, 0) is 0 Å². The van der Waals surface area contributed by atoms with Gasteiger partial charge < -0.3 is 5.73 Å². The van der Waals surface area contributed by atoms with E-state index in [1.165, 1.54) is 12.1 Å². The maximum absolute atomic E-state index is 12.9. The van der Waals surface area contributed by atoms with Gasteiger partial charge in [-0.25, -0.2) is 9.37 Å². The van der Waals surface area contributed by atoms with Crippen molar-refractivity contribution < 1.29 is 4.39 Å².